The molecule has 0 aliphatic heterocycles. The normalized spacial score (nSPS) is 19.3. The number of halogens is 14. The Kier molecular flexibility index (Phi) is 8.59. The first kappa shape index (κ1) is 34.1. The Bertz CT molecular complexity index is 875. The van der Waals surface area contributed by atoms with Crippen LogP contribution in [0.25, 0.3) is 0 Å². The Balaban J connectivity index is 6.53. The van der Waals surface area contributed by atoms with Crippen molar-refractivity contribution in [2.75, 3.05) is 0 Å². The van der Waals surface area contributed by atoms with Gasteiger partial charge in [0, 0.05) is 20.8 Å². The van der Waals surface area contributed by atoms with E-state index in [9.17, 15) is 69.9 Å². The van der Waals surface area contributed by atoms with E-state index < -0.39 is 86.2 Å². The maximum atomic E-state index is 14.3. The standard InChI is InChI=1S/C14H18F14O5SSi/c1-7(15,16)10(20,21)11(22,8(2,17)18)32-12(23,24)9(3,19)31-13(25,26)14(27,28)34(29,30)33-35(4,5)6/h1-6H3. The van der Waals surface area contributed by atoms with Crippen molar-refractivity contribution in [3.05, 3.63) is 0 Å². The molecule has 0 saturated heterocycles. The molecule has 0 aromatic heterocycles. The predicted molar refractivity (Wildman–Crippen MR) is 89.9 cm³/mol. The summed E-state index contributed by atoms with van der Waals surface area (Å²) in [4.78, 5) is 0. The molecule has 0 fully saturated rings. The van der Waals surface area contributed by atoms with Crippen molar-refractivity contribution in [3.63, 3.8) is 0 Å². The number of alkyl halides is 14. The monoisotopic (exact) mass is 592 g/mol. The zero-order valence-electron chi connectivity index (χ0n) is 18.2. The first-order valence-electron chi connectivity index (χ1n) is 8.62. The van der Waals surface area contributed by atoms with Gasteiger partial charge in [-0.25, -0.2) is 13.2 Å². The van der Waals surface area contributed by atoms with Crippen LogP contribution in [0.2, 0.25) is 19.6 Å². The molecular weight excluding hydrogens is 574 g/mol. The molecule has 0 aromatic rings. The maximum Gasteiger partial charge on any atom is 0.459 e. The first-order valence-corrected chi connectivity index (χ1v) is 13.4. The molecule has 212 valence electrons. The molecule has 5 nitrogen and oxygen atoms in total. The van der Waals surface area contributed by atoms with Gasteiger partial charge in [0.25, 0.3) is 0 Å². The second-order valence-corrected chi connectivity index (χ2v) is 14.6. The van der Waals surface area contributed by atoms with E-state index >= 15 is 0 Å². The van der Waals surface area contributed by atoms with Gasteiger partial charge in [0.1, 0.15) is 0 Å². The second kappa shape index (κ2) is 8.83. The van der Waals surface area contributed by atoms with E-state index in [1.165, 1.54) is 0 Å². The molecule has 21 heteroatoms. The van der Waals surface area contributed by atoms with E-state index in [1.807, 2.05) is 0 Å². The van der Waals surface area contributed by atoms with Gasteiger partial charge in [-0.05, 0) is 19.6 Å². The molecule has 35 heavy (non-hydrogen) atoms. The summed E-state index contributed by atoms with van der Waals surface area (Å²) in [6.45, 7) is -0.498. The molecule has 0 N–H and O–H groups in total. The molecule has 0 aliphatic carbocycles. The Morgan fingerprint density at radius 3 is 1.26 bits per heavy atom. The molecule has 0 saturated carbocycles. The highest BCUT2D eigenvalue weighted by Gasteiger charge is 2.82. The first-order chi connectivity index (χ1) is 14.6. The average Bonchev–Trinajstić information content (AvgIpc) is 2.47. The van der Waals surface area contributed by atoms with Crippen LogP contribution in [0.15, 0.2) is 0 Å². The van der Waals surface area contributed by atoms with Crippen LogP contribution in [0.3, 0.4) is 0 Å². The summed E-state index contributed by atoms with van der Waals surface area (Å²) in [7, 11) is -10.5. The minimum atomic E-state index is -6.93. The van der Waals surface area contributed by atoms with Crippen molar-refractivity contribution in [1.82, 2.24) is 0 Å². The van der Waals surface area contributed by atoms with Gasteiger partial charge in [-0.1, -0.05) is 0 Å². The zero-order chi connectivity index (χ0) is 29.1. The quantitative estimate of drug-likeness (QED) is 0.197. The molecule has 2 unspecified atom stereocenters. The predicted octanol–water partition coefficient (Wildman–Crippen LogP) is 6.28. The second-order valence-electron chi connectivity index (χ2n) is 8.27. The minimum absolute atomic E-state index is 0.857. The summed E-state index contributed by atoms with van der Waals surface area (Å²) in [5.74, 6) is -31.8. The van der Waals surface area contributed by atoms with Gasteiger partial charge in [-0.15, -0.1) is 0 Å². The van der Waals surface area contributed by atoms with Crippen LogP contribution in [0.1, 0.15) is 20.8 Å². The van der Waals surface area contributed by atoms with Crippen molar-refractivity contribution >= 4 is 18.4 Å². The number of rotatable bonds is 12. The summed E-state index contributed by atoms with van der Waals surface area (Å²) >= 11 is 0. The van der Waals surface area contributed by atoms with E-state index in [0.29, 0.717) is 0 Å². The largest absolute Gasteiger partial charge is 0.459 e. The summed E-state index contributed by atoms with van der Waals surface area (Å²) in [6.07, 6.45) is -13.8. The third-order valence-electron chi connectivity index (χ3n) is 3.64. The minimum Gasteiger partial charge on any atom is -0.311 e. The Labute approximate surface area is 189 Å². The highest BCUT2D eigenvalue weighted by Crippen LogP contribution is 2.56. The molecule has 0 spiro atoms. The molecule has 0 rings (SSSR count). The number of hydrogen-bond acceptors (Lipinski definition) is 5. The summed E-state index contributed by atoms with van der Waals surface area (Å²) < 4.78 is 223. The van der Waals surface area contributed by atoms with Gasteiger partial charge >= 0.3 is 57.1 Å². The third-order valence-corrected chi connectivity index (χ3v) is 7.38. The van der Waals surface area contributed by atoms with Crippen molar-refractivity contribution in [1.29, 1.82) is 0 Å². The van der Waals surface area contributed by atoms with E-state index in [0.717, 1.165) is 19.6 Å². The lowest BCUT2D eigenvalue weighted by molar-refractivity contribution is -0.512. The fourth-order valence-electron chi connectivity index (χ4n) is 1.87. The SMILES string of the molecule is CC(F)(F)C(F)(F)C(F)(OC(F)(F)C(C)(F)OC(F)(F)C(F)(F)S(=O)(=O)O[Si](C)(C)C)C(C)(F)F. The fourth-order valence-corrected chi connectivity index (χ4v) is 5.25. The van der Waals surface area contributed by atoms with Gasteiger partial charge in [0.2, 0.25) is 8.32 Å². The van der Waals surface area contributed by atoms with Crippen LogP contribution in [-0.2, 0) is 23.5 Å². The van der Waals surface area contributed by atoms with E-state index in [4.69, 9.17) is 0 Å². The van der Waals surface area contributed by atoms with Crippen LogP contribution < -0.4 is 0 Å². The lowest BCUT2D eigenvalue weighted by Gasteiger charge is -2.43. The molecule has 0 bridgehead atoms. The maximum absolute atomic E-state index is 14.3. The van der Waals surface area contributed by atoms with Gasteiger partial charge in [0.05, 0.1) is 0 Å². The lowest BCUT2D eigenvalue weighted by atomic mass is 9.98. The highest BCUT2D eigenvalue weighted by molar-refractivity contribution is 7.88. The Morgan fingerprint density at radius 2 is 0.971 bits per heavy atom. The van der Waals surface area contributed by atoms with Gasteiger partial charge in [-0.2, -0.15) is 56.7 Å². The topological polar surface area (TPSA) is 61.8 Å². The van der Waals surface area contributed by atoms with Crippen molar-refractivity contribution in [2.24, 2.45) is 0 Å². The number of ether oxygens (including phenoxy) is 2. The highest BCUT2D eigenvalue weighted by atomic mass is 32.2. The van der Waals surface area contributed by atoms with E-state index in [2.05, 4.69) is 13.3 Å². The van der Waals surface area contributed by atoms with Gasteiger partial charge in [-0.3, -0.25) is 9.47 Å². The molecule has 0 heterocycles. The van der Waals surface area contributed by atoms with Crippen LogP contribution >= 0.6 is 0 Å². The zero-order valence-corrected chi connectivity index (χ0v) is 20.1. The summed E-state index contributed by atoms with van der Waals surface area (Å²) in [5.41, 5.74) is 0. The summed E-state index contributed by atoms with van der Waals surface area (Å²) in [6, 6.07) is 0. The van der Waals surface area contributed by atoms with Crippen molar-refractivity contribution in [2.45, 2.75) is 87.4 Å². The average molecular weight is 592 g/mol. The molecule has 0 aliphatic rings. The fraction of sp³-hybridized carbons (Fsp3) is 1.00. The van der Waals surface area contributed by atoms with E-state index in [-0.39, 0.29) is 0 Å². The lowest BCUT2D eigenvalue weighted by Crippen LogP contribution is -2.68. The van der Waals surface area contributed by atoms with Crippen molar-refractivity contribution < 1.29 is 83.2 Å². The molecule has 0 aromatic carbocycles. The van der Waals surface area contributed by atoms with Crippen LogP contribution in [-0.4, -0.2) is 63.7 Å². The molecule has 2 atom stereocenters. The van der Waals surface area contributed by atoms with Gasteiger partial charge < -0.3 is 3.87 Å². The number of hydrogen-bond donors (Lipinski definition) is 0. The summed E-state index contributed by atoms with van der Waals surface area (Å²) in [5, 5.41) is -6.70. The Hall–Kier alpha value is -0.933. The Morgan fingerprint density at radius 1 is 0.600 bits per heavy atom. The molecule has 0 amide bonds. The molecule has 0 radical (unpaired) electrons. The van der Waals surface area contributed by atoms with Crippen LogP contribution in [0, 0.1) is 0 Å². The molecular formula is C14H18F14O5SSi. The van der Waals surface area contributed by atoms with Crippen LogP contribution in [0.5, 0.6) is 0 Å². The van der Waals surface area contributed by atoms with Crippen molar-refractivity contribution in [3.8, 4) is 0 Å². The van der Waals surface area contributed by atoms with Gasteiger partial charge in [0.15, 0.2) is 0 Å². The van der Waals surface area contributed by atoms with E-state index in [1.54, 1.807) is 0 Å². The third kappa shape index (κ3) is 6.32. The van der Waals surface area contributed by atoms with Crippen LogP contribution in [0.4, 0.5) is 61.5 Å². The smallest absolute Gasteiger partial charge is 0.311 e.